The zero-order valence-electron chi connectivity index (χ0n) is 10.8. The molecule has 19 heavy (non-hydrogen) atoms. The zero-order valence-corrected chi connectivity index (χ0v) is 10.8. The van der Waals surface area contributed by atoms with Crippen molar-refractivity contribution >= 4 is 0 Å². The van der Waals surface area contributed by atoms with E-state index in [9.17, 15) is 30.5 Å². The van der Waals surface area contributed by atoms with Gasteiger partial charge in [-0.15, -0.1) is 0 Å². The minimum absolute atomic E-state index is 0.204. The highest BCUT2D eigenvalue weighted by molar-refractivity contribution is 5.00. The van der Waals surface area contributed by atoms with Gasteiger partial charge < -0.3 is 30.3 Å². The number of hydrogen-bond donors (Lipinski definition) is 5. The van der Waals surface area contributed by atoms with Crippen molar-refractivity contribution in [3.63, 3.8) is 0 Å². The number of aliphatic hydroxyl groups is 5. The Balaban J connectivity index is 3.45. The molecule has 1 aliphatic heterocycles. The lowest BCUT2D eigenvalue weighted by molar-refractivity contribution is -0.676. The second-order valence-electron chi connectivity index (χ2n) is 5.45. The number of hydrogen-bond acceptors (Lipinski definition) is 9. The van der Waals surface area contributed by atoms with Crippen LogP contribution in [-0.4, -0.2) is 71.7 Å². The summed E-state index contributed by atoms with van der Waals surface area (Å²) < 4.78 is 4.52. The molecule has 0 radical (unpaired) electrons. The fraction of sp³-hybridized carbons (Fsp3) is 1.00. The van der Waals surface area contributed by atoms with E-state index in [1.54, 1.807) is 0 Å². The van der Waals surface area contributed by atoms with Crippen LogP contribution in [0.25, 0.3) is 0 Å². The molecule has 5 N–H and O–H groups in total. The number of nitro groups is 1. The highest BCUT2D eigenvalue weighted by Crippen LogP contribution is 2.41. The molecule has 0 aliphatic carbocycles. The summed E-state index contributed by atoms with van der Waals surface area (Å²) in [5, 5.41) is 59.7. The predicted octanol–water partition coefficient (Wildman–Crippen LogP) is -2.64. The first-order chi connectivity index (χ1) is 8.33. The predicted molar refractivity (Wildman–Crippen MR) is 58.7 cm³/mol. The normalized spacial score (nSPS) is 31.2. The van der Waals surface area contributed by atoms with Crippen molar-refractivity contribution in [3.8, 4) is 0 Å². The van der Waals surface area contributed by atoms with Gasteiger partial charge in [0.05, 0.1) is 0 Å². The van der Waals surface area contributed by atoms with Crippen LogP contribution < -0.4 is 0 Å². The van der Waals surface area contributed by atoms with Crippen LogP contribution in [0.5, 0.6) is 0 Å². The maximum absolute atomic E-state index is 11.1. The van der Waals surface area contributed by atoms with Crippen LogP contribution in [0.2, 0.25) is 0 Å². The molecule has 1 atom stereocenters. The molecule has 0 amide bonds. The molecule has 0 saturated carbocycles. The summed E-state index contributed by atoms with van der Waals surface area (Å²) in [6.45, 7) is 1.70. The molecule has 0 spiro atoms. The van der Waals surface area contributed by atoms with E-state index in [1.807, 2.05) is 0 Å². The maximum atomic E-state index is 11.1. The monoisotopic (exact) mass is 282 g/mol. The number of nitrogens with zero attached hydrogens (tertiary/aromatic N) is 2. The van der Waals surface area contributed by atoms with Crippen molar-refractivity contribution in [2.75, 3.05) is 13.2 Å². The largest absolute Gasteiger partial charge is 0.388 e. The Labute approximate surface area is 108 Å². The molecule has 1 fully saturated rings. The van der Waals surface area contributed by atoms with E-state index in [0.717, 1.165) is 0 Å². The van der Waals surface area contributed by atoms with Gasteiger partial charge in [-0.2, -0.15) is 4.90 Å². The lowest BCUT2D eigenvalue weighted by Gasteiger charge is -2.54. The lowest BCUT2D eigenvalue weighted by atomic mass is 9.90. The van der Waals surface area contributed by atoms with Crippen molar-refractivity contribution < 1.29 is 35.2 Å². The van der Waals surface area contributed by atoms with Crippen molar-refractivity contribution in [2.24, 2.45) is 0 Å². The zero-order chi connectivity index (χ0) is 15.3. The van der Waals surface area contributed by atoms with Crippen LogP contribution in [0.4, 0.5) is 0 Å². The van der Waals surface area contributed by atoms with E-state index >= 15 is 0 Å². The topological polar surface area (TPSA) is 157 Å². The molecule has 0 aromatic heterocycles. The number of ether oxygens (including phenoxy) is 1. The van der Waals surface area contributed by atoms with Gasteiger partial charge in [-0.3, -0.25) is 10.1 Å². The molecule has 1 heterocycles. The second kappa shape index (κ2) is 4.31. The summed E-state index contributed by atoms with van der Waals surface area (Å²) >= 11 is 0. The first-order valence-electron chi connectivity index (χ1n) is 5.42. The lowest BCUT2D eigenvalue weighted by Crippen LogP contribution is -2.83. The molecule has 1 rings (SSSR count). The Kier molecular flexibility index (Phi) is 3.67. The van der Waals surface area contributed by atoms with E-state index in [2.05, 4.69) is 4.74 Å². The maximum Gasteiger partial charge on any atom is 0.353 e. The van der Waals surface area contributed by atoms with E-state index in [4.69, 9.17) is 5.11 Å². The Morgan fingerprint density at radius 2 is 1.79 bits per heavy atom. The van der Waals surface area contributed by atoms with Gasteiger partial charge >= 0.3 is 17.5 Å². The van der Waals surface area contributed by atoms with Crippen molar-refractivity contribution in [2.45, 2.75) is 43.9 Å². The molecule has 0 aromatic rings. The van der Waals surface area contributed by atoms with Crippen LogP contribution in [0, 0.1) is 10.1 Å². The minimum Gasteiger partial charge on any atom is -0.388 e. The van der Waals surface area contributed by atoms with Gasteiger partial charge in [0, 0.05) is 10.5 Å². The van der Waals surface area contributed by atoms with E-state index in [-0.39, 0.29) is 4.90 Å². The molecule has 1 aliphatic rings. The van der Waals surface area contributed by atoms with E-state index in [0.29, 0.717) is 0 Å². The van der Waals surface area contributed by atoms with Crippen LogP contribution >= 0.6 is 0 Å². The van der Waals surface area contributed by atoms with Gasteiger partial charge in [-0.1, -0.05) is 0 Å². The third kappa shape index (κ3) is 2.21. The van der Waals surface area contributed by atoms with Gasteiger partial charge in [0.1, 0.15) is 13.2 Å². The summed E-state index contributed by atoms with van der Waals surface area (Å²) in [6.07, 6.45) is -3.13. The minimum atomic E-state index is -3.34. The summed E-state index contributed by atoms with van der Waals surface area (Å²) in [7, 11) is 0. The van der Waals surface area contributed by atoms with Gasteiger partial charge in [0.25, 0.3) is 0 Å². The molecule has 1 saturated heterocycles. The fourth-order valence-corrected chi connectivity index (χ4v) is 2.08. The Morgan fingerprint density at radius 1 is 1.32 bits per heavy atom. The third-order valence-electron chi connectivity index (χ3n) is 3.01. The van der Waals surface area contributed by atoms with Crippen molar-refractivity contribution in [3.05, 3.63) is 10.1 Å². The van der Waals surface area contributed by atoms with Gasteiger partial charge in [0.2, 0.25) is 0 Å². The van der Waals surface area contributed by atoms with Crippen LogP contribution in [0.3, 0.4) is 0 Å². The smallest absolute Gasteiger partial charge is 0.353 e. The van der Waals surface area contributed by atoms with Crippen LogP contribution in [-0.2, 0) is 4.74 Å². The summed E-state index contributed by atoms with van der Waals surface area (Å²) in [5.41, 5.74) is -4.06. The summed E-state index contributed by atoms with van der Waals surface area (Å²) in [6, 6.07) is 0. The van der Waals surface area contributed by atoms with Gasteiger partial charge in [-0.05, 0) is 20.8 Å². The molecule has 1 unspecified atom stereocenters. The van der Waals surface area contributed by atoms with E-state index < -0.39 is 41.2 Å². The first kappa shape index (κ1) is 16.2. The SMILES string of the molecule is CC(C)(C)N1C(O)(O)OCC(CO)([N+](=O)[O-])C1(O)O. The van der Waals surface area contributed by atoms with Gasteiger partial charge in [0.15, 0.2) is 0 Å². The molecule has 112 valence electrons. The highest BCUT2D eigenvalue weighted by atomic mass is 16.8. The molecule has 0 aromatic carbocycles. The number of aliphatic hydroxyl groups excluding tert-OH is 1. The van der Waals surface area contributed by atoms with Crippen LogP contribution in [0.15, 0.2) is 0 Å². The number of rotatable bonds is 2. The second-order valence-corrected chi connectivity index (χ2v) is 5.45. The average molecular weight is 282 g/mol. The summed E-state index contributed by atoms with van der Waals surface area (Å²) in [4.78, 5) is 10.1. The standard InChI is InChI=1S/C9H18N2O8/c1-6(2,3)10-8(13,14)7(4-12,11(17)18)5-19-9(10,15)16/h12-16H,4-5H2,1-3H3. The first-order valence-corrected chi connectivity index (χ1v) is 5.42. The Bertz CT molecular complexity index is 377. The van der Waals surface area contributed by atoms with Crippen molar-refractivity contribution in [1.82, 2.24) is 4.90 Å². The Morgan fingerprint density at radius 3 is 2.11 bits per heavy atom. The summed E-state index contributed by atoms with van der Waals surface area (Å²) in [5.74, 6) is -3.34. The van der Waals surface area contributed by atoms with Crippen LogP contribution in [0.1, 0.15) is 20.8 Å². The third-order valence-corrected chi connectivity index (χ3v) is 3.01. The molecule has 0 bridgehead atoms. The quantitative estimate of drug-likeness (QED) is 0.207. The molecular formula is C9H18N2O8. The molecule has 10 heteroatoms. The van der Waals surface area contributed by atoms with Crippen molar-refractivity contribution in [1.29, 1.82) is 0 Å². The average Bonchev–Trinajstić information content (AvgIpc) is 2.12. The molecule has 10 nitrogen and oxygen atoms in total. The fourth-order valence-electron chi connectivity index (χ4n) is 2.08. The highest BCUT2D eigenvalue weighted by Gasteiger charge is 2.74. The van der Waals surface area contributed by atoms with E-state index in [1.165, 1.54) is 20.8 Å². The molecular weight excluding hydrogens is 264 g/mol. The van der Waals surface area contributed by atoms with Gasteiger partial charge in [-0.25, -0.2) is 0 Å². The Hall–Kier alpha value is -0.880.